The Morgan fingerprint density at radius 1 is 1.18 bits per heavy atom. The second-order valence-electron chi connectivity index (χ2n) is 5.06. The summed E-state index contributed by atoms with van der Waals surface area (Å²) in [5, 5.41) is 0. The lowest BCUT2D eigenvalue weighted by Gasteiger charge is -2.14. The number of amides is 1. The fourth-order valence-electron chi connectivity index (χ4n) is 2.26. The van der Waals surface area contributed by atoms with Crippen LogP contribution in [0.15, 0.2) is 60.9 Å². The largest absolute Gasteiger partial charge is 0.318 e. The van der Waals surface area contributed by atoms with Gasteiger partial charge in [0.15, 0.2) is 0 Å². The molecule has 0 radical (unpaired) electrons. The highest BCUT2D eigenvalue weighted by Gasteiger charge is 2.17. The summed E-state index contributed by atoms with van der Waals surface area (Å²) in [4.78, 5) is 21.8. The standard InChI is InChI=1S/C17H17N3O2/c1-13(20-12-18-15-9-5-6-10-16(15)20)17(21)19-22-11-14-7-3-2-4-8-14/h2-10,12-13H,11H2,1H3,(H,19,21)/t13-/m1/s1. The number of carbonyl (C=O) groups excluding carboxylic acids is 1. The van der Waals surface area contributed by atoms with Crippen molar-refractivity contribution >= 4 is 16.9 Å². The summed E-state index contributed by atoms with van der Waals surface area (Å²) in [6, 6.07) is 17.0. The number of para-hydroxylation sites is 2. The van der Waals surface area contributed by atoms with Gasteiger partial charge in [0.1, 0.15) is 6.04 Å². The lowest BCUT2D eigenvalue weighted by Crippen LogP contribution is -2.30. The van der Waals surface area contributed by atoms with Crippen molar-refractivity contribution in [2.75, 3.05) is 0 Å². The van der Waals surface area contributed by atoms with Crippen molar-refractivity contribution < 1.29 is 9.63 Å². The number of hydrogen-bond acceptors (Lipinski definition) is 3. The maximum atomic E-state index is 12.2. The van der Waals surface area contributed by atoms with E-state index in [-0.39, 0.29) is 5.91 Å². The molecule has 0 fully saturated rings. The number of benzene rings is 2. The number of nitrogens with one attached hydrogen (secondary N) is 1. The van der Waals surface area contributed by atoms with Gasteiger partial charge in [-0.25, -0.2) is 10.5 Å². The SMILES string of the molecule is C[C@H](C(=O)NOCc1ccccc1)n1cnc2ccccc21. The fourth-order valence-corrected chi connectivity index (χ4v) is 2.26. The summed E-state index contributed by atoms with van der Waals surface area (Å²) in [5.41, 5.74) is 5.29. The first kappa shape index (κ1) is 14.3. The Balaban J connectivity index is 1.62. The number of nitrogens with zero attached hydrogens (tertiary/aromatic N) is 2. The first-order chi connectivity index (χ1) is 10.8. The normalized spacial score (nSPS) is 12.2. The lowest BCUT2D eigenvalue weighted by atomic mass is 10.2. The maximum absolute atomic E-state index is 12.2. The van der Waals surface area contributed by atoms with Gasteiger partial charge in [0, 0.05) is 0 Å². The second kappa shape index (κ2) is 6.41. The minimum atomic E-state index is -0.400. The van der Waals surface area contributed by atoms with Crippen molar-refractivity contribution in [1.29, 1.82) is 0 Å². The van der Waals surface area contributed by atoms with Crippen LogP contribution in [0.3, 0.4) is 0 Å². The Bertz CT molecular complexity index is 768. The topological polar surface area (TPSA) is 56.1 Å². The second-order valence-corrected chi connectivity index (χ2v) is 5.06. The number of carbonyl (C=O) groups is 1. The van der Waals surface area contributed by atoms with Crippen molar-refractivity contribution in [2.45, 2.75) is 19.6 Å². The highest BCUT2D eigenvalue weighted by atomic mass is 16.6. The molecule has 0 unspecified atom stereocenters. The van der Waals surface area contributed by atoms with Crippen molar-refractivity contribution in [3.8, 4) is 0 Å². The van der Waals surface area contributed by atoms with Gasteiger partial charge >= 0.3 is 0 Å². The molecule has 5 heteroatoms. The minimum absolute atomic E-state index is 0.209. The van der Waals surface area contributed by atoms with Gasteiger partial charge in [-0.1, -0.05) is 42.5 Å². The third-order valence-corrected chi connectivity index (χ3v) is 3.53. The molecular formula is C17H17N3O2. The van der Waals surface area contributed by atoms with E-state index in [0.717, 1.165) is 16.6 Å². The third kappa shape index (κ3) is 2.99. The zero-order valence-electron chi connectivity index (χ0n) is 12.3. The number of imidazole rings is 1. The van der Waals surface area contributed by atoms with Crippen LogP contribution >= 0.6 is 0 Å². The third-order valence-electron chi connectivity index (χ3n) is 3.53. The van der Waals surface area contributed by atoms with E-state index in [4.69, 9.17) is 4.84 Å². The molecule has 112 valence electrons. The van der Waals surface area contributed by atoms with E-state index in [1.807, 2.05) is 66.1 Å². The molecule has 0 spiro atoms. The Labute approximate surface area is 128 Å². The van der Waals surface area contributed by atoms with Gasteiger partial charge in [-0.15, -0.1) is 0 Å². The molecular weight excluding hydrogens is 278 g/mol. The summed E-state index contributed by atoms with van der Waals surface area (Å²) in [6.45, 7) is 2.15. The first-order valence-electron chi connectivity index (χ1n) is 7.13. The van der Waals surface area contributed by atoms with Gasteiger partial charge in [-0.2, -0.15) is 0 Å². The minimum Gasteiger partial charge on any atom is -0.318 e. The predicted molar refractivity (Wildman–Crippen MR) is 83.8 cm³/mol. The van der Waals surface area contributed by atoms with Gasteiger partial charge < -0.3 is 4.57 Å². The Morgan fingerprint density at radius 2 is 1.91 bits per heavy atom. The summed E-state index contributed by atoms with van der Waals surface area (Å²) in [7, 11) is 0. The van der Waals surface area contributed by atoms with Crippen LogP contribution in [0.25, 0.3) is 11.0 Å². The van der Waals surface area contributed by atoms with Crippen LogP contribution in [0.2, 0.25) is 0 Å². The van der Waals surface area contributed by atoms with Gasteiger partial charge in [0.25, 0.3) is 5.91 Å². The van der Waals surface area contributed by atoms with E-state index in [1.165, 1.54) is 0 Å². The first-order valence-corrected chi connectivity index (χ1v) is 7.13. The van der Waals surface area contributed by atoms with Crippen LogP contribution in [-0.2, 0) is 16.2 Å². The van der Waals surface area contributed by atoms with E-state index in [9.17, 15) is 4.79 Å². The zero-order valence-corrected chi connectivity index (χ0v) is 12.3. The highest BCUT2D eigenvalue weighted by Crippen LogP contribution is 2.17. The number of hydrogen-bond donors (Lipinski definition) is 1. The summed E-state index contributed by atoms with van der Waals surface area (Å²) in [5.74, 6) is -0.209. The number of fused-ring (bicyclic) bond motifs is 1. The lowest BCUT2D eigenvalue weighted by molar-refractivity contribution is -0.137. The van der Waals surface area contributed by atoms with Gasteiger partial charge in [0.2, 0.25) is 0 Å². The molecule has 0 aliphatic carbocycles. The molecule has 5 nitrogen and oxygen atoms in total. The molecule has 1 aromatic heterocycles. The molecule has 3 aromatic rings. The average molecular weight is 295 g/mol. The van der Waals surface area contributed by atoms with Gasteiger partial charge in [-0.05, 0) is 24.6 Å². The Kier molecular flexibility index (Phi) is 4.16. The van der Waals surface area contributed by atoms with Crippen LogP contribution < -0.4 is 5.48 Å². The molecule has 0 bridgehead atoms. The van der Waals surface area contributed by atoms with Crippen LogP contribution in [-0.4, -0.2) is 15.5 Å². The maximum Gasteiger partial charge on any atom is 0.266 e. The smallest absolute Gasteiger partial charge is 0.266 e. The van der Waals surface area contributed by atoms with E-state index in [2.05, 4.69) is 10.5 Å². The molecule has 3 rings (SSSR count). The molecule has 0 saturated carbocycles. The van der Waals surface area contributed by atoms with Crippen molar-refractivity contribution in [2.24, 2.45) is 0 Å². The molecule has 1 N–H and O–H groups in total. The Hall–Kier alpha value is -2.66. The van der Waals surface area contributed by atoms with E-state index in [0.29, 0.717) is 6.61 Å². The predicted octanol–water partition coefficient (Wildman–Crippen LogP) is 2.85. The van der Waals surface area contributed by atoms with Gasteiger partial charge in [0.05, 0.1) is 24.0 Å². The molecule has 22 heavy (non-hydrogen) atoms. The summed E-state index contributed by atoms with van der Waals surface area (Å²) in [6.07, 6.45) is 1.67. The zero-order chi connectivity index (χ0) is 15.4. The molecule has 0 aliphatic heterocycles. The summed E-state index contributed by atoms with van der Waals surface area (Å²) >= 11 is 0. The molecule has 0 saturated heterocycles. The van der Waals surface area contributed by atoms with Crippen LogP contribution in [0, 0.1) is 0 Å². The molecule has 1 heterocycles. The van der Waals surface area contributed by atoms with E-state index < -0.39 is 6.04 Å². The molecule has 1 atom stereocenters. The van der Waals surface area contributed by atoms with Crippen LogP contribution in [0.5, 0.6) is 0 Å². The van der Waals surface area contributed by atoms with Crippen molar-refractivity contribution in [3.63, 3.8) is 0 Å². The number of hydroxylamine groups is 1. The number of rotatable bonds is 5. The average Bonchev–Trinajstić information content (AvgIpc) is 2.99. The fraction of sp³-hybridized carbons (Fsp3) is 0.176. The molecule has 2 aromatic carbocycles. The quantitative estimate of drug-likeness (QED) is 0.736. The van der Waals surface area contributed by atoms with E-state index in [1.54, 1.807) is 6.33 Å². The Morgan fingerprint density at radius 3 is 2.73 bits per heavy atom. The van der Waals surface area contributed by atoms with Crippen molar-refractivity contribution in [3.05, 3.63) is 66.5 Å². The van der Waals surface area contributed by atoms with Gasteiger partial charge in [-0.3, -0.25) is 9.63 Å². The van der Waals surface area contributed by atoms with E-state index >= 15 is 0 Å². The summed E-state index contributed by atoms with van der Waals surface area (Å²) < 4.78 is 1.83. The molecule has 0 aliphatic rings. The number of aromatic nitrogens is 2. The molecule has 1 amide bonds. The van der Waals surface area contributed by atoms with Crippen LogP contribution in [0.1, 0.15) is 18.5 Å². The monoisotopic (exact) mass is 295 g/mol. The van der Waals surface area contributed by atoms with Crippen LogP contribution in [0.4, 0.5) is 0 Å². The highest BCUT2D eigenvalue weighted by molar-refractivity contribution is 5.82. The van der Waals surface area contributed by atoms with Crippen molar-refractivity contribution in [1.82, 2.24) is 15.0 Å².